The number of primary amides is 1. The van der Waals surface area contributed by atoms with E-state index in [1.165, 1.54) is 12.1 Å². The second kappa shape index (κ2) is 7.06. The topological polar surface area (TPSA) is 67.5 Å². The Balaban J connectivity index is 2.16. The number of carbonyl (C=O) groups excluding carboxylic acids is 1. The minimum Gasteiger partial charge on any atom is -0.350 e. The maximum atomic E-state index is 14.0. The lowest BCUT2D eigenvalue weighted by atomic mass is 9.79. The van der Waals surface area contributed by atoms with Crippen molar-refractivity contribution in [1.29, 1.82) is 0 Å². The summed E-state index contributed by atoms with van der Waals surface area (Å²) in [4.78, 5) is 10.8. The van der Waals surface area contributed by atoms with Crippen molar-refractivity contribution in [3.8, 4) is 0 Å². The maximum absolute atomic E-state index is 14.0. The van der Waals surface area contributed by atoms with Gasteiger partial charge in [-0.25, -0.2) is 14.6 Å². The first-order valence-electron chi connectivity index (χ1n) is 7.69. The SMILES string of the molecule is Cc1ccccc1C1(Cl)c2cc(F)ccc2SCC1C=NNC(N)=O. The molecule has 2 atom stereocenters. The van der Waals surface area contributed by atoms with Gasteiger partial charge < -0.3 is 5.73 Å². The largest absolute Gasteiger partial charge is 0.350 e. The van der Waals surface area contributed by atoms with Gasteiger partial charge in [-0.2, -0.15) is 5.10 Å². The third-order valence-corrected chi connectivity index (χ3v) is 6.11. The number of hydrazone groups is 1. The molecule has 0 aromatic heterocycles. The number of alkyl halides is 1. The van der Waals surface area contributed by atoms with E-state index in [4.69, 9.17) is 17.3 Å². The summed E-state index contributed by atoms with van der Waals surface area (Å²) in [5.74, 6) is 0.0349. The molecule has 0 spiro atoms. The van der Waals surface area contributed by atoms with Crippen molar-refractivity contribution in [3.63, 3.8) is 0 Å². The Morgan fingerprint density at radius 1 is 1.40 bits per heavy atom. The molecule has 25 heavy (non-hydrogen) atoms. The zero-order chi connectivity index (χ0) is 18.0. The molecular formula is C18H17ClFN3OS. The monoisotopic (exact) mass is 377 g/mol. The van der Waals surface area contributed by atoms with Gasteiger partial charge in [0.25, 0.3) is 0 Å². The number of benzene rings is 2. The molecule has 0 aliphatic carbocycles. The predicted octanol–water partition coefficient (Wildman–Crippen LogP) is 3.99. The van der Waals surface area contributed by atoms with Gasteiger partial charge in [0.15, 0.2) is 0 Å². The van der Waals surface area contributed by atoms with Gasteiger partial charge in [0.05, 0.1) is 0 Å². The van der Waals surface area contributed by atoms with Crippen LogP contribution in [0.3, 0.4) is 0 Å². The van der Waals surface area contributed by atoms with Gasteiger partial charge in [-0.1, -0.05) is 24.3 Å². The Bertz CT molecular complexity index is 845. The molecule has 2 amide bonds. The first kappa shape index (κ1) is 17.8. The lowest BCUT2D eigenvalue weighted by Gasteiger charge is -2.40. The normalized spacial score (nSPS) is 22.6. The maximum Gasteiger partial charge on any atom is 0.332 e. The number of thioether (sulfide) groups is 1. The van der Waals surface area contributed by atoms with Crippen LogP contribution in [-0.4, -0.2) is 18.0 Å². The fourth-order valence-electron chi connectivity index (χ4n) is 3.07. The van der Waals surface area contributed by atoms with E-state index in [1.54, 1.807) is 24.0 Å². The number of aryl methyl sites for hydroxylation is 1. The van der Waals surface area contributed by atoms with Crippen LogP contribution in [0.15, 0.2) is 52.5 Å². The molecule has 0 radical (unpaired) electrons. The van der Waals surface area contributed by atoms with Gasteiger partial charge in [0.1, 0.15) is 10.7 Å². The van der Waals surface area contributed by atoms with Gasteiger partial charge in [-0.15, -0.1) is 23.4 Å². The highest BCUT2D eigenvalue weighted by Gasteiger charge is 2.45. The zero-order valence-electron chi connectivity index (χ0n) is 13.5. The number of nitrogens with two attached hydrogens (primary N) is 1. The van der Waals surface area contributed by atoms with Crippen molar-refractivity contribution in [2.24, 2.45) is 16.8 Å². The average Bonchev–Trinajstić information content (AvgIpc) is 2.57. The Morgan fingerprint density at radius 2 is 2.16 bits per heavy atom. The Kier molecular flexibility index (Phi) is 5.01. The average molecular weight is 378 g/mol. The van der Waals surface area contributed by atoms with Crippen LogP contribution < -0.4 is 11.2 Å². The summed E-state index contributed by atoms with van der Waals surface area (Å²) in [7, 11) is 0. The molecule has 1 heterocycles. The molecule has 1 aliphatic rings. The summed E-state index contributed by atoms with van der Waals surface area (Å²) in [6.07, 6.45) is 1.57. The molecular weight excluding hydrogens is 361 g/mol. The van der Waals surface area contributed by atoms with Crippen LogP contribution in [0.2, 0.25) is 0 Å². The van der Waals surface area contributed by atoms with Gasteiger partial charge in [0, 0.05) is 22.8 Å². The van der Waals surface area contributed by atoms with E-state index in [1.807, 2.05) is 31.2 Å². The molecule has 0 saturated heterocycles. The van der Waals surface area contributed by atoms with Gasteiger partial charge in [-0.05, 0) is 41.8 Å². The fraction of sp³-hybridized carbons (Fsp3) is 0.222. The van der Waals surface area contributed by atoms with E-state index in [0.717, 1.165) is 16.0 Å². The van der Waals surface area contributed by atoms with Crippen molar-refractivity contribution in [2.75, 3.05) is 5.75 Å². The molecule has 130 valence electrons. The summed E-state index contributed by atoms with van der Waals surface area (Å²) >= 11 is 8.76. The lowest BCUT2D eigenvalue weighted by molar-refractivity contribution is 0.249. The summed E-state index contributed by atoms with van der Waals surface area (Å²) in [5.41, 5.74) is 9.85. The molecule has 3 rings (SSSR count). The smallest absolute Gasteiger partial charge is 0.332 e. The standard InChI is InChI=1S/C18H17ClFN3OS/c1-11-4-2-3-5-14(11)18(19)12(9-22-23-17(21)24)10-25-16-7-6-13(20)8-15(16)18/h2-9,12H,10H2,1H3,(H3,21,23,24). The van der Waals surface area contributed by atoms with E-state index in [0.29, 0.717) is 11.3 Å². The Labute approximate surface area is 154 Å². The fourth-order valence-corrected chi connectivity index (χ4v) is 4.95. The van der Waals surface area contributed by atoms with Gasteiger partial charge in [-0.3, -0.25) is 0 Å². The van der Waals surface area contributed by atoms with Crippen LogP contribution in [0.4, 0.5) is 9.18 Å². The number of hydrogen-bond donors (Lipinski definition) is 2. The molecule has 3 N–H and O–H groups in total. The van der Waals surface area contributed by atoms with Crippen LogP contribution in [0.25, 0.3) is 0 Å². The van der Waals surface area contributed by atoms with E-state index < -0.39 is 10.9 Å². The predicted molar refractivity (Wildman–Crippen MR) is 99.6 cm³/mol. The molecule has 4 nitrogen and oxygen atoms in total. The van der Waals surface area contributed by atoms with Crippen LogP contribution in [0.1, 0.15) is 16.7 Å². The third kappa shape index (κ3) is 3.37. The molecule has 2 aromatic rings. The van der Waals surface area contributed by atoms with Gasteiger partial charge >= 0.3 is 6.03 Å². The van der Waals surface area contributed by atoms with Crippen LogP contribution in [-0.2, 0) is 4.87 Å². The van der Waals surface area contributed by atoms with E-state index in [2.05, 4.69) is 10.5 Å². The van der Waals surface area contributed by atoms with Crippen molar-refractivity contribution < 1.29 is 9.18 Å². The second-order valence-electron chi connectivity index (χ2n) is 5.84. The summed E-state index contributed by atoms with van der Waals surface area (Å²) in [6.45, 7) is 1.97. The number of nitrogens with zero attached hydrogens (tertiary/aromatic N) is 1. The lowest BCUT2D eigenvalue weighted by Crippen LogP contribution is -2.38. The second-order valence-corrected chi connectivity index (χ2v) is 7.50. The molecule has 0 fully saturated rings. The first-order chi connectivity index (χ1) is 11.9. The minimum absolute atomic E-state index is 0.263. The number of fused-ring (bicyclic) bond motifs is 1. The van der Waals surface area contributed by atoms with Crippen LogP contribution in [0.5, 0.6) is 0 Å². The minimum atomic E-state index is -0.989. The van der Waals surface area contributed by atoms with E-state index in [-0.39, 0.29) is 11.7 Å². The van der Waals surface area contributed by atoms with Crippen LogP contribution in [0, 0.1) is 18.7 Å². The van der Waals surface area contributed by atoms with Crippen LogP contribution >= 0.6 is 23.4 Å². The first-order valence-corrected chi connectivity index (χ1v) is 9.05. The number of urea groups is 1. The Hall–Kier alpha value is -2.05. The van der Waals surface area contributed by atoms with E-state index >= 15 is 0 Å². The van der Waals surface area contributed by atoms with Crippen molar-refractivity contribution in [3.05, 3.63) is 65.0 Å². The molecule has 1 aliphatic heterocycles. The summed E-state index contributed by atoms with van der Waals surface area (Å²) in [6, 6.07) is 11.7. The quantitative estimate of drug-likeness (QED) is 0.482. The number of halogens is 2. The van der Waals surface area contributed by atoms with Gasteiger partial charge in [0.2, 0.25) is 0 Å². The molecule has 7 heteroatoms. The highest BCUT2D eigenvalue weighted by Crippen LogP contribution is 2.52. The molecule has 0 bridgehead atoms. The molecule has 0 saturated carbocycles. The van der Waals surface area contributed by atoms with Crippen molar-refractivity contribution >= 4 is 35.6 Å². The highest BCUT2D eigenvalue weighted by molar-refractivity contribution is 7.99. The Morgan fingerprint density at radius 3 is 2.88 bits per heavy atom. The molecule has 2 unspecified atom stereocenters. The highest BCUT2D eigenvalue weighted by atomic mass is 35.5. The number of rotatable bonds is 3. The summed E-state index contributed by atoms with van der Waals surface area (Å²) in [5, 5.41) is 3.90. The van der Waals surface area contributed by atoms with Crippen molar-refractivity contribution in [1.82, 2.24) is 5.43 Å². The number of nitrogens with one attached hydrogen (secondary N) is 1. The number of hydrogen-bond acceptors (Lipinski definition) is 3. The number of carbonyl (C=O) groups is 1. The number of amides is 2. The third-order valence-electron chi connectivity index (χ3n) is 4.23. The van der Waals surface area contributed by atoms with Crippen molar-refractivity contribution in [2.45, 2.75) is 16.7 Å². The van der Waals surface area contributed by atoms with E-state index in [9.17, 15) is 9.18 Å². The summed E-state index contributed by atoms with van der Waals surface area (Å²) < 4.78 is 14.0. The zero-order valence-corrected chi connectivity index (χ0v) is 15.1. The molecule has 2 aromatic carbocycles.